The first-order chi connectivity index (χ1) is 27.4. The second kappa shape index (κ2) is 14.7. The van der Waals surface area contributed by atoms with Gasteiger partial charge in [-0.1, -0.05) is 18.2 Å². The van der Waals surface area contributed by atoms with Gasteiger partial charge in [0.1, 0.15) is 36.4 Å². The number of nitriles is 6. The number of nitrogens with zero attached hydrogens (tertiary/aromatic N) is 6. The van der Waals surface area contributed by atoms with Gasteiger partial charge in [0.25, 0.3) is 0 Å². The summed E-state index contributed by atoms with van der Waals surface area (Å²) in [6, 6.07) is 3.63. The van der Waals surface area contributed by atoms with Crippen LogP contribution in [-0.2, 0) is 37.1 Å². The highest BCUT2D eigenvalue weighted by molar-refractivity contribution is 6.13. The molecule has 0 spiro atoms. The third-order valence-corrected chi connectivity index (χ3v) is 8.30. The summed E-state index contributed by atoms with van der Waals surface area (Å²) in [4.78, 5) is 0. The molecule has 3 aromatic rings. The molecule has 0 heterocycles. The minimum Gasteiger partial charge on any atom is -0.192 e. The van der Waals surface area contributed by atoms with Crippen LogP contribution < -0.4 is 0 Å². The number of benzene rings is 3. The number of hydrogen-bond acceptors (Lipinski definition) is 6. The second-order valence-corrected chi connectivity index (χ2v) is 11.6. The molecule has 24 heteroatoms. The van der Waals surface area contributed by atoms with Gasteiger partial charge in [0.15, 0.2) is 0 Å². The van der Waals surface area contributed by atoms with Crippen LogP contribution in [0.25, 0.3) is 16.7 Å². The standard InChI is InChI=1S/C36H6F18N6/c37-31(38,39)22-4-1-13(28(19(22)10-58)34(46,47)48)16(7-55)25-26(17(8-56)14-2-5-23(32(40,41)42)20(11-59)29(14)35(49,50)51)27(25)18(9-57)15-3-6-24(33(43,44)45)21(12-60)30(15)36(52,53)54/h1-6H. The Balaban J connectivity index is 2.47. The second-order valence-electron chi connectivity index (χ2n) is 11.6. The van der Waals surface area contributed by atoms with Gasteiger partial charge in [0, 0.05) is 33.4 Å². The molecular weight excluding hydrogens is 858 g/mol. The highest BCUT2D eigenvalue weighted by Crippen LogP contribution is 2.59. The molecule has 0 unspecified atom stereocenters. The molecule has 1 aliphatic carbocycles. The van der Waals surface area contributed by atoms with Crippen LogP contribution in [0.4, 0.5) is 79.0 Å². The molecule has 4 rings (SSSR count). The van der Waals surface area contributed by atoms with E-state index < -0.39 is 137 Å². The average molecular weight is 864 g/mol. The monoisotopic (exact) mass is 864 g/mol. The smallest absolute Gasteiger partial charge is 0.192 e. The summed E-state index contributed by atoms with van der Waals surface area (Å²) in [5.74, 6) is 0. The Morgan fingerprint density at radius 1 is 0.317 bits per heavy atom. The van der Waals surface area contributed by atoms with Crippen LogP contribution in [0.1, 0.15) is 66.8 Å². The molecule has 6 nitrogen and oxygen atoms in total. The van der Waals surface area contributed by atoms with E-state index in [1.165, 1.54) is 0 Å². The lowest BCUT2D eigenvalue weighted by Crippen LogP contribution is -2.17. The van der Waals surface area contributed by atoms with Gasteiger partial charge < -0.3 is 0 Å². The highest BCUT2D eigenvalue weighted by atomic mass is 19.4. The Hall–Kier alpha value is -7.44. The number of halogens is 18. The minimum absolute atomic E-state index is 0.149. The van der Waals surface area contributed by atoms with Crippen molar-refractivity contribution in [3.63, 3.8) is 0 Å². The molecule has 1 fully saturated rings. The summed E-state index contributed by atoms with van der Waals surface area (Å²) < 4.78 is 255. The fourth-order valence-electron chi connectivity index (χ4n) is 6.06. The molecule has 0 amide bonds. The van der Waals surface area contributed by atoms with Crippen molar-refractivity contribution in [2.75, 3.05) is 0 Å². The van der Waals surface area contributed by atoms with Gasteiger partial charge in [-0.2, -0.15) is 111 Å². The zero-order valence-corrected chi connectivity index (χ0v) is 28.0. The van der Waals surface area contributed by atoms with Gasteiger partial charge in [-0.15, -0.1) is 0 Å². The van der Waals surface area contributed by atoms with Crippen molar-refractivity contribution in [1.29, 1.82) is 31.6 Å². The third-order valence-electron chi connectivity index (χ3n) is 8.30. The molecule has 1 saturated carbocycles. The molecule has 0 bridgehead atoms. The van der Waals surface area contributed by atoms with Crippen LogP contribution in [-0.4, -0.2) is 0 Å². The quantitative estimate of drug-likeness (QED) is 0.189. The molecule has 1 aliphatic rings. The molecule has 0 aliphatic heterocycles. The number of hydrogen-bond donors (Lipinski definition) is 0. The van der Waals surface area contributed by atoms with Gasteiger partial charge in [-0.3, -0.25) is 0 Å². The molecule has 60 heavy (non-hydrogen) atoms. The SMILES string of the molecule is N#CC(=C1C(=C(C#N)c2ccc(C(F)(F)F)c(C#N)c2C(F)(F)F)C1=C(C#N)c1ccc(C(F)(F)F)c(C#N)c1C(F)(F)F)c1ccc(C(F)(F)F)c(C#N)c1C(F)(F)F. The maximum atomic E-state index is 14.5. The lowest BCUT2D eigenvalue weighted by molar-refractivity contribution is -0.145. The van der Waals surface area contributed by atoms with Gasteiger partial charge in [0.05, 0.1) is 66.8 Å². The van der Waals surface area contributed by atoms with Crippen LogP contribution in [0, 0.1) is 68.0 Å². The van der Waals surface area contributed by atoms with Crippen molar-refractivity contribution in [2.45, 2.75) is 37.1 Å². The van der Waals surface area contributed by atoms with E-state index in [0.717, 1.165) is 18.2 Å². The minimum atomic E-state index is -6.10. The van der Waals surface area contributed by atoms with Crippen LogP contribution in [0.15, 0.2) is 53.1 Å². The van der Waals surface area contributed by atoms with Gasteiger partial charge >= 0.3 is 37.1 Å². The molecule has 0 atom stereocenters. The van der Waals surface area contributed by atoms with Crippen molar-refractivity contribution < 1.29 is 79.0 Å². The van der Waals surface area contributed by atoms with Crippen molar-refractivity contribution in [3.8, 4) is 36.4 Å². The topological polar surface area (TPSA) is 143 Å². The Morgan fingerprint density at radius 3 is 0.650 bits per heavy atom. The summed E-state index contributed by atoms with van der Waals surface area (Å²) in [6.45, 7) is 0. The summed E-state index contributed by atoms with van der Waals surface area (Å²) in [5.41, 5.74) is -36.8. The molecule has 0 N–H and O–H groups in total. The normalized spacial score (nSPS) is 13.3. The van der Waals surface area contributed by atoms with Crippen LogP contribution in [0.5, 0.6) is 0 Å². The summed E-state index contributed by atoms with van der Waals surface area (Å²) in [5, 5.41) is 58.7. The molecular formula is C36H6F18N6. The Kier molecular flexibility index (Phi) is 11.1. The Bertz CT molecular complexity index is 2420. The first-order valence-electron chi connectivity index (χ1n) is 15.0. The van der Waals surface area contributed by atoms with E-state index in [0.29, 0.717) is 18.2 Å². The number of allylic oxidation sites excluding steroid dienone is 6. The molecule has 0 radical (unpaired) electrons. The zero-order chi connectivity index (χ0) is 45.9. The average Bonchev–Trinajstić information content (AvgIpc) is 3.82. The third kappa shape index (κ3) is 7.88. The Labute approximate surface area is 320 Å². The lowest BCUT2D eigenvalue weighted by atomic mass is 9.90. The maximum absolute atomic E-state index is 14.5. The maximum Gasteiger partial charge on any atom is 0.418 e. The van der Waals surface area contributed by atoms with E-state index in [-0.39, 0.29) is 36.4 Å². The zero-order valence-electron chi connectivity index (χ0n) is 28.0. The van der Waals surface area contributed by atoms with Gasteiger partial charge in [-0.25, -0.2) is 0 Å². The van der Waals surface area contributed by atoms with Gasteiger partial charge in [-0.05, 0) is 18.2 Å². The van der Waals surface area contributed by atoms with E-state index in [2.05, 4.69) is 0 Å². The molecule has 0 saturated heterocycles. The van der Waals surface area contributed by atoms with Crippen LogP contribution in [0.3, 0.4) is 0 Å². The fraction of sp³-hybridized carbons (Fsp3) is 0.167. The Morgan fingerprint density at radius 2 is 0.517 bits per heavy atom. The largest absolute Gasteiger partial charge is 0.418 e. The van der Waals surface area contributed by atoms with Crippen molar-refractivity contribution in [1.82, 2.24) is 0 Å². The van der Waals surface area contributed by atoms with Crippen molar-refractivity contribution >= 4 is 16.7 Å². The first-order valence-corrected chi connectivity index (χ1v) is 15.0. The molecule has 0 aromatic heterocycles. The van der Waals surface area contributed by atoms with E-state index in [1.54, 1.807) is 0 Å². The predicted molar refractivity (Wildman–Crippen MR) is 161 cm³/mol. The molecule has 306 valence electrons. The summed E-state index contributed by atoms with van der Waals surface area (Å²) >= 11 is 0. The summed E-state index contributed by atoms with van der Waals surface area (Å²) in [7, 11) is 0. The number of rotatable bonds is 3. The first kappa shape index (κ1) is 45.3. The van der Waals surface area contributed by atoms with E-state index in [9.17, 15) is 111 Å². The van der Waals surface area contributed by atoms with Crippen LogP contribution >= 0.6 is 0 Å². The summed E-state index contributed by atoms with van der Waals surface area (Å²) in [6.07, 6.45) is -35.5. The van der Waals surface area contributed by atoms with Crippen LogP contribution in [0.2, 0.25) is 0 Å². The predicted octanol–water partition coefficient (Wildman–Crippen LogP) is 11.7. The van der Waals surface area contributed by atoms with E-state index >= 15 is 0 Å². The molecule has 3 aromatic carbocycles. The van der Waals surface area contributed by atoms with Crippen molar-refractivity contribution in [3.05, 3.63) is 120 Å². The fourth-order valence-corrected chi connectivity index (χ4v) is 6.06. The van der Waals surface area contributed by atoms with E-state index in [1.807, 2.05) is 0 Å². The van der Waals surface area contributed by atoms with E-state index in [4.69, 9.17) is 0 Å². The van der Waals surface area contributed by atoms with Gasteiger partial charge in [0.2, 0.25) is 0 Å². The highest BCUT2D eigenvalue weighted by Gasteiger charge is 2.51. The number of alkyl halides is 18. The lowest BCUT2D eigenvalue weighted by Gasteiger charge is -2.18. The van der Waals surface area contributed by atoms with Crippen molar-refractivity contribution in [2.24, 2.45) is 0 Å².